The normalized spacial score (nSPS) is 19.8. The monoisotopic (exact) mass is 341 g/mol. The van der Waals surface area contributed by atoms with Crippen LogP contribution in [0.3, 0.4) is 0 Å². The summed E-state index contributed by atoms with van der Waals surface area (Å²) in [5.74, 6) is 2.61. The molecule has 0 unspecified atom stereocenters. The predicted octanol–water partition coefficient (Wildman–Crippen LogP) is 4.77. The molecule has 2 saturated heterocycles. The van der Waals surface area contributed by atoms with Gasteiger partial charge in [0.1, 0.15) is 0 Å². The molecule has 0 bridgehead atoms. The molecule has 4 heteroatoms. The van der Waals surface area contributed by atoms with E-state index in [1.54, 1.807) is 12.3 Å². The molecular formula is C20H27N3S. The largest absolute Gasteiger partial charge is 0.370 e. The summed E-state index contributed by atoms with van der Waals surface area (Å²) in [4.78, 5) is 6.66. The Morgan fingerprint density at radius 1 is 1.25 bits per heavy atom. The lowest BCUT2D eigenvalue weighted by molar-refractivity contribution is 0.106. The van der Waals surface area contributed by atoms with E-state index in [0.29, 0.717) is 5.41 Å². The van der Waals surface area contributed by atoms with E-state index in [0.717, 1.165) is 35.7 Å². The first-order valence-corrected chi connectivity index (χ1v) is 9.83. The minimum atomic E-state index is 0.497. The molecule has 0 saturated carbocycles. The molecule has 3 rings (SSSR count). The third-order valence-corrected chi connectivity index (χ3v) is 6.22. The number of nitrogens with zero attached hydrogens (tertiary/aromatic N) is 2. The van der Waals surface area contributed by atoms with Crippen molar-refractivity contribution in [3.8, 4) is 0 Å². The fourth-order valence-corrected chi connectivity index (χ4v) is 5.08. The van der Waals surface area contributed by atoms with Crippen molar-refractivity contribution in [3.05, 3.63) is 55.2 Å². The topological polar surface area (TPSA) is 28.2 Å². The summed E-state index contributed by atoms with van der Waals surface area (Å²) in [6.45, 7) is 14.5. The van der Waals surface area contributed by atoms with Gasteiger partial charge >= 0.3 is 0 Å². The molecule has 2 aliphatic rings. The summed E-state index contributed by atoms with van der Waals surface area (Å²) in [6.07, 6.45) is 10.7. The van der Waals surface area contributed by atoms with Gasteiger partial charge in [0.2, 0.25) is 0 Å². The lowest BCUT2D eigenvalue weighted by Gasteiger charge is -2.46. The first-order chi connectivity index (χ1) is 11.6. The zero-order valence-electron chi connectivity index (χ0n) is 14.4. The van der Waals surface area contributed by atoms with Crippen LogP contribution in [0.15, 0.2) is 49.6 Å². The maximum absolute atomic E-state index is 4.31. The summed E-state index contributed by atoms with van der Waals surface area (Å²) in [7, 11) is 0. The van der Waals surface area contributed by atoms with Gasteiger partial charge in [-0.15, -0.1) is 0 Å². The van der Waals surface area contributed by atoms with Crippen molar-refractivity contribution >= 4 is 23.5 Å². The van der Waals surface area contributed by atoms with Crippen molar-refractivity contribution in [2.45, 2.75) is 25.7 Å². The van der Waals surface area contributed by atoms with Crippen LogP contribution in [0.5, 0.6) is 0 Å². The van der Waals surface area contributed by atoms with E-state index in [4.69, 9.17) is 0 Å². The second-order valence-corrected chi connectivity index (χ2v) is 8.12. The first kappa shape index (κ1) is 17.2. The van der Waals surface area contributed by atoms with Crippen molar-refractivity contribution in [1.29, 1.82) is 0 Å². The summed E-state index contributed by atoms with van der Waals surface area (Å²) in [6, 6.07) is 2.02. The predicted molar refractivity (Wildman–Crippen MR) is 106 cm³/mol. The number of anilines is 1. The zero-order valence-corrected chi connectivity index (χ0v) is 15.2. The minimum Gasteiger partial charge on any atom is -0.370 e. The SMILES string of the molecule is C=Cc1cncc(NC(=C)C(=C)N2CCCC3(CCSCC3)C2)c1. The molecule has 3 heterocycles. The van der Waals surface area contributed by atoms with Gasteiger partial charge < -0.3 is 10.2 Å². The number of piperidine rings is 1. The lowest BCUT2D eigenvalue weighted by atomic mass is 9.75. The van der Waals surface area contributed by atoms with Crippen LogP contribution >= 0.6 is 11.8 Å². The Balaban J connectivity index is 1.64. The molecule has 1 aromatic rings. The van der Waals surface area contributed by atoms with Crippen LogP contribution in [0, 0.1) is 5.41 Å². The molecule has 2 fully saturated rings. The smallest absolute Gasteiger partial charge is 0.0577 e. The van der Waals surface area contributed by atoms with Crippen LogP contribution in [0.1, 0.15) is 31.2 Å². The van der Waals surface area contributed by atoms with E-state index in [2.05, 4.69) is 46.7 Å². The quantitative estimate of drug-likeness (QED) is 0.781. The van der Waals surface area contributed by atoms with Crippen molar-refractivity contribution in [2.24, 2.45) is 5.41 Å². The molecule has 1 aromatic heterocycles. The fourth-order valence-electron chi connectivity index (χ4n) is 3.73. The number of hydrogen-bond acceptors (Lipinski definition) is 4. The third-order valence-electron chi connectivity index (χ3n) is 5.24. The van der Waals surface area contributed by atoms with E-state index in [9.17, 15) is 0 Å². The molecule has 24 heavy (non-hydrogen) atoms. The molecule has 128 valence electrons. The number of aromatic nitrogens is 1. The molecule has 1 spiro atoms. The molecule has 0 radical (unpaired) electrons. The molecule has 2 aliphatic heterocycles. The molecular weight excluding hydrogens is 314 g/mol. The summed E-state index contributed by atoms with van der Waals surface area (Å²) in [5, 5.41) is 3.35. The maximum atomic E-state index is 4.31. The lowest BCUT2D eigenvalue weighted by Crippen LogP contribution is -2.44. The van der Waals surface area contributed by atoms with Gasteiger partial charge in [-0.1, -0.05) is 25.8 Å². The van der Waals surface area contributed by atoms with Gasteiger partial charge in [0.15, 0.2) is 0 Å². The van der Waals surface area contributed by atoms with Crippen LogP contribution in [-0.2, 0) is 0 Å². The molecule has 3 nitrogen and oxygen atoms in total. The maximum Gasteiger partial charge on any atom is 0.0577 e. The summed E-state index contributed by atoms with van der Waals surface area (Å²) < 4.78 is 0. The van der Waals surface area contributed by atoms with Gasteiger partial charge in [0.05, 0.1) is 23.3 Å². The van der Waals surface area contributed by atoms with Crippen LogP contribution in [0.4, 0.5) is 5.69 Å². The van der Waals surface area contributed by atoms with Crippen molar-refractivity contribution in [3.63, 3.8) is 0 Å². The highest BCUT2D eigenvalue weighted by Crippen LogP contribution is 2.43. The van der Waals surface area contributed by atoms with Gasteiger partial charge in [-0.2, -0.15) is 11.8 Å². The van der Waals surface area contributed by atoms with Crippen molar-refractivity contribution in [2.75, 3.05) is 29.9 Å². The van der Waals surface area contributed by atoms with Crippen LogP contribution < -0.4 is 5.32 Å². The third kappa shape index (κ3) is 3.86. The van der Waals surface area contributed by atoms with Gasteiger partial charge in [0.25, 0.3) is 0 Å². The number of rotatable bonds is 5. The van der Waals surface area contributed by atoms with Gasteiger partial charge in [-0.05, 0) is 54.2 Å². The van der Waals surface area contributed by atoms with E-state index in [1.807, 2.05) is 12.3 Å². The van der Waals surface area contributed by atoms with Crippen LogP contribution in [-0.4, -0.2) is 34.5 Å². The highest BCUT2D eigenvalue weighted by atomic mass is 32.2. The zero-order chi connectivity index (χ0) is 17.0. The van der Waals surface area contributed by atoms with Crippen LogP contribution in [0.25, 0.3) is 6.08 Å². The van der Waals surface area contributed by atoms with Crippen LogP contribution in [0.2, 0.25) is 0 Å². The van der Waals surface area contributed by atoms with E-state index in [1.165, 1.54) is 37.2 Å². The Hall–Kier alpha value is -1.68. The Morgan fingerprint density at radius 3 is 2.79 bits per heavy atom. The Morgan fingerprint density at radius 2 is 2.04 bits per heavy atom. The Kier molecular flexibility index (Phi) is 5.34. The number of nitrogens with one attached hydrogen (secondary N) is 1. The fraction of sp³-hybridized carbons (Fsp3) is 0.450. The second-order valence-electron chi connectivity index (χ2n) is 6.90. The minimum absolute atomic E-state index is 0.497. The Labute approximate surface area is 149 Å². The number of pyridine rings is 1. The Bertz CT molecular complexity index is 626. The first-order valence-electron chi connectivity index (χ1n) is 8.67. The van der Waals surface area contributed by atoms with E-state index in [-0.39, 0.29) is 0 Å². The highest BCUT2D eigenvalue weighted by Gasteiger charge is 2.37. The van der Waals surface area contributed by atoms with E-state index < -0.39 is 0 Å². The van der Waals surface area contributed by atoms with Gasteiger partial charge in [0, 0.05) is 19.3 Å². The van der Waals surface area contributed by atoms with Crippen molar-refractivity contribution in [1.82, 2.24) is 9.88 Å². The number of hydrogen-bond donors (Lipinski definition) is 1. The van der Waals surface area contributed by atoms with Crippen molar-refractivity contribution < 1.29 is 0 Å². The summed E-state index contributed by atoms with van der Waals surface area (Å²) >= 11 is 2.10. The molecule has 0 aromatic carbocycles. The number of likely N-dealkylation sites (tertiary alicyclic amines) is 1. The van der Waals surface area contributed by atoms with Gasteiger partial charge in [-0.25, -0.2) is 0 Å². The average molecular weight is 342 g/mol. The molecule has 0 amide bonds. The van der Waals surface area contributed by atoms with E-state index >= 15 is 0 Å². The summed E-state index contributed by atoms with van der Waals surface area (Å²) in [5.41, 5.74) is 4.29. The second kappa shape index (κ2) is 7.47. The highest BCUT2D eigenvalue weighted by molar-refractivity contribution is 7.99. The standard InChI is InChI=1S/C20H27N3S/c1-4-18-12-19(14-21-13-18)22-16(2)17(3)23-9-5-6-20(15-23)7-10-24-11-8-20/h4,12-14,22H,1-3,5-11,15H2. The molecule has 0 atom stereocenters. The average Bonchev–Trinajstić information content (AvgIpc) is 2.62. The number of thioether (sulfide) groups is 1. The van der Waals surface area contributed by atoms with Gasteiger partial charge in [-0.3, -0.25) is 4.98 Å². The molecule has 0 aliphatic carbocycles. The molecule has 1 N–H and O–H groups in total.